The Bertz CT molecular complexity index is 941. The highest BCUT2D eigenvalue weighted by atomic mass is 127. The topological polar surface area (TPSA) is 80.3 Å². The standard InChI is InChI=1S/C22H30N6O.HI/c1-5-20-19(21(6-2)29-27-20)14-26-22(23-4)25-13-17-8-7-9-18(12-17)15-28-11-10-24-16(28)3;/h7-12H,5-6,13-15H2,1-4H3,(H2,23,25,26);1H. The monoisotopic (exact) mass is 522 g/mol. The number of aryl methyl sites for hydroxylation is 3. The Hall–Kier alpha value is -2.36. The summed E-state index contributed by atoms with van der Waals surface area (Å²) in [4.78, 5) is 8.63. The number of nitrogens with one attached hydrogen (secondary N) is 2. The third kappa shape index (κ3) is 6.07. The molecule has 0 unspecified atom stereocenters. The first-order valence-electron chi connectivity index (χ1n) is 10.1. The summed E-state index contributed by atoms with van der Waals surface area (Å²) in [5.74, 6) is 2.71. The zero-order valence-electron chi connectivity index (χ0n) is 18.1. The summed E-state index contributed by atoms with van der Waals surface area (Å²) in [5, 5.41) is 10.9. The first kappa shape index (κ1) is 23.9. The number of benzene rings is 1. The maximum Gasteiger partial charge on any atom is 0.191 e. The van der Waals surface area contributed by atoms with Gasteiger partial charge in [0.15, 0.2) is 5.96 Å². The maximum atomic E-state index is 5.44. The molecule has 0 bridgehead atoms. The number of nitrogens with zero attached hydrogens (tertiary/aromatic N) is 4. The predicted octanol–water partition coefficient (Wildman–Crippen LogP) is 3.84. The Morgan fingerprint density at radius 1 is 1.13 bits per heavy atom. The number of halogens is 1. The molecule has 0 aliphatic rings. The minimum Gasteiger partial charge on any atom is -0.361 e. The Balaban J connectivity index is 0.00000320. The summed E-state index contributed by atoms with van der Waals surface area (Å²) >= 11 is 0. The molecule has 2 N–H and O–H groups in total. The van der Waals surface area contributed by atoms with Crippen molar-refractivity contribution in [3.63, 3.8) is 0 Å². The highest BCUT2D eigenvalue weighted by molar-refractivity contribution is 14.0. The molecule has 1 aromatic carbocycles. The molecule has 8 heteroatoms. The average molecular weight is 522 g/mol. The fraction of sp³-hybridized carbons (Fsp3) is 0.409. The molecule has 0 fully saturated rings. The van der Waals surface area contributed by atoms with Gasteiger partial charge < -0.3 is 19.7 Å². The summed E-state index contributed by atoms with van der Waals surface area (Å²) in [6.07, 6.45) is 5.53. The van der Waals surface area contributed by atoms with Gasteiger partial charge in [0.2, 0.25) is 0 Å². The van der Waals surface area contributed by atoms with E-state index in [0.717, 1.165) is 48.2 Å². The molecular weight excluding hydrogens is 491 g/mol. The second-order valence-electron chi connectivity index (χ2n) is 6.94. The minimum atomic E-state index is 0. The van der Waals surface area contributed by atoms with Crippen LogP contribution < -0.4 is 10.6 Å². The van der Waals surface area contributed by atoms with Gasteiger partial charge in [-0.2, -0.15) is 0 Å². The highest BCUT2D eigenvalue weighted by Gasteiger charge is 2.13. The van der Waals surface area contributed by atoms with E-state index < -0.39 is 0 Å². The molecule has 2 aromatic heterocycles. The zero-order chi connectivity index (χ0) is 20.6. The predicted molar refractivity (Wildman–Crippen MR) is 130 cm³/mol. The first-order chi connectivity index (χ1) is 14.1. The molecule has 3 aromatic rings. The van der Waals surface area contributed by atoms with E-state index in [0.29, 0.717) is 13.1 Å². The van der Waals surface area contributed by atoms with Crippen molar-refractivity contribution in [2.45, 2.75) is 53.2 Å². The zero-order valence-corrected chi connectivity index (χ0v) is 20.4. The lowest BCUT2D eigenvalue weighted by atomic mass is 10.1. The molecule has 3 rings (SSSR count). The molecule has 2 heterocycles. The average Bonchev–Trinajstić information content (AvgIpc) is 3.33. The molecule has 0 amide bonds. The second kappa shape index (κ2) is 11.7. The molecule has 0 atom stereocenters. The number of hydrogen-bond acceptors (Lipinski definition) is 4. The quantitative estimate of drug-likeness (QED) is 0.267. The molecular formula is C22H31IN6O. The van der Waals surface area contributed by atoms with Gasteiger partial charge in [-0.3, -0.25) is 4.99 Å². The van der Waals surface area contributed by atoms with E-state index in [1.807, 2.05) is 19.3 Å². The Labute approximate surface area is 195 Å². The van der Waals surface area contributed by atoms with E-state index in [4.69, 9.17) is 4.52 Å². The fourth-order valence-electron chi connectivity index (χ4n) is 3.32. The fourth-order valence-corrected chi connectivity index (χ4v) is 3.32. The van der Waals surface area contributed by atoms with Crippen molar-refractivity contribution in [1.82, 2.24) is 25.3 Å². The van der Waals surface area contributed by atoms with Crippen LogP contribution in [0.5, 0.6) is 0 Å². The van der Waals surface area contributed by atoms with Crippen molar-refractivity contribution in [3.05, 3.63) is 70.6 Å². The van der Waals surface area contributed by atoms with Crippen LogP contribution in [0.4, 0.5) is 0 Å². The lowest BCUT2D eigenvalue weighted by molar-refractivity contribution is 0.380. The second-order valence-corrected chi connectivity index (χ2v) is 6.94. The molecule has 162 valence electrons. The van der Waals surface area contributed by atoms with Gasteiger partial charge in [0.05, 0.1) is 5.69 Å². The third-order valence-electron chi connectivity index (χ3n) is 4.99. The van der Waals surface area contributed by atoms with Crippen LogP contribution in [-0.4, -0.2) is 27.7 Å². The summed E-state index contributed by atoms with van der Waals surface area (Å²) < 4.78 is 7.58. The number of imidazole rings is 1. The lowest BCUT2D eigenvalue weighted by Gasteiger charge is -2.13. The Morgan fingerprint density at radius 3 is 2.57 bits per heavy atom. The van der Waals surface area contributed by atoms with Crippen molar-refractivity contribution >= 4 is 29.9 Å². The van der Waals surface area contributed by atoms with Crippen LogP contribution in [0.3, 0.4) is 0 Å². The molecule has 30 heavy (non-hydrogen) atoms. The molecule has 0 saturated carbocycles. The van der Waals surface area contributed by atoms with Gasteiger partial charge in [-0.05, 0) is 24.5 Å². The maximum absolute atomic E-state index is 5.44. The summed E-state index contributed by atoms with van der Waals surface area (Å²) in [7, 11) is 1.78. The van der Waals surface area contributed by atoms with E-state index >= 15 is 0 Å². The van der Waals surface area contributed by atoms with E-state index in [9.17, 15) is 0 Å². The molecule has 0 radical (unpaired) electrons. The van der Waals surface area contributed by atoms with Gasteiger partial charge in [-0.25, -0.2) is 4.98 Å². The molecule has 0 aliphatic carbocycles. The van der Waals surface area contributed by atoms with E-state index in [1.54, 1.807) is 7.05 Å². The van der Waals surface area contributed by atoms with Crippen LogP contribution in [0.15, 0.2) is 46.2 Å². The third-order valence-corrected chi connectivity index (χ3v) is 4.99. The first-order valence-corrected chi connectivity index (χ1v) is 10.1. The summed E-state index contributed by atoms with van der Waals surface area (Å²) in [6, 6.07) is 8.56. The molecule has 0 saturated heterocycles. The van der Waals surface area contributed by atoms with Crippen LogP contribution in [0, 0.1) is 6.92 Å². The normalized spacial score (nSPS) is 11.3. The number of rotatable bonds is 8. The summed E-state index contributed by atoms with van der Waals surface area (Å²) in [6.45, 7) is 8.35. The van der Waals surface area contributed by atoms with Gasteiger partial charge in [0.1, 0.15) is 11.6 Å². The summed E-state index contributed by atoms with van der Waals surface area (Å²) in [5.41, 5.74) is 4.60. The van der Waals surface area contributed by atoms with E-state index in [2.05, 4.69) is 68.4 Å². The van der Waals surface area contributed by atoms with Gasteiger partial charge in [0.25, 0.3) is 0 Å². The van der Waals surface area contributed by atoms with E-state index in [-0.39, 0.29) is 24.0 Å². The van der Waals surface area contributed by atoms with Crippen LogP contribution >= 0.6 is 24.0 Å². The van der Waals surface area contributed by atoms with Crippen LogP contribution in [0.2, 0.25) is 0 Å². The SMILES string of the molecule is CCc1noc(CC)c1CNC(=NC)NCc1cccc(Cn2ccnc2C)c1.I. The number of guanidine groups is 1. The molecule has 0 spiro atoms. The van der Waals surface area contributed by atoms with Crippen LogP contribution in [0.25, 0.3) is 0 Å². The number of aliphatic imine (C=N–C) groups is 1. The largest absolute Gasteiger partial charge is 0.361 e. The van der Waals surface area contributed by atoms with Gasteiger partial charge in [-0.1, -0.05) is 43.3 Å². The van der Waals surface area contributed by atoms with Gasteiger partial charge in [-0.15, -0.1) is 24.0 Å². The number of hydrogen-bond donors (Lipinski definition) is 2. The Morgan fingerprint density at radius 2 is 1.90 bits per heavy atom. The molecule has 7 nitrogen and oxygen atoms in total. The van der Waals surface area contributed by atoms with Crippen LogP contribution in [0.1, 0.15) is 47.8 Å². The van der Waals surface area contributed by atoms with Crippen LogP contribution in [-0.2, 0) is 32.5 Å². The van der Waals surface area contributed by atoms with Crippen molar-refractivity contribution < 1.29 is 4.52 Å². The molecule has 0 aliphatic heterocycles. The van der Waals surface area contributed by atoms with E-state index in [1.165, 1.54) is 11.1 Å². The number of aromatic nitrogens is 3. The highest BCUT2D eigenvalue weighted by Crippen LogP contribution is 2.15. The van der Waals surface area contributed by atoms with Crippen molar-refractivity contribution in [2.75, 3.05) is 7.05 Å². The van der Waals surface area contributed by atoms with Crippen molar-refractivity contribution in [3.8, 4) is 0 Å². The minimum absolute atomic E-state index is 0. The van der Waals surface area contributed by atoms with Gasteiger partial charge in [0, 0.05) is 51.1 Å². The Kier molecular flexibility index (Phi) is 9.35. The van der Waals surface area contributed by atoms with Crippen molar-refractivity contribution in [1.29, 1.82) is 0 Å². The van der Waals surface area contributed by atoms with Gasteiger partial charge >= 0.3 is 0 Å². The lowest BCUT2D eigenvalue weighted by Crippen LogP contribution is -2.36. The smallest absolute Gasteiger partial charge is 0.191 e. The van der Waals surface area contributed by atoms with Crippen molar-refractivity contribution in [2.24, 2.45) is 4.99 Å².